The van der Waals surface area contributed by atoms with Gasteiger partial charge in [0, 0.05) is 42.6 Å². The maximum absolute atomic E-state index is 5.93. The fourth-order valence-electron chi connectivity index (χ4n) is 2.93. The SMILES string of the molecule is Nc1cc(-c2nccnc2N2CCCC2)c2cc[nH]c2n1. The van der Waals surface area contributed by atoms with Crippen LogP contribution in [-0.4, -0.2) is 33.0 Å². The van der Waals surface area contributed by atoms with E-state index < -0.39 is 0 Å². The van der Waals surface area contributed by atoms with Crippen molar-refractivity contribution in [2.45, 2.75) is 12.8 Å². The molecule has 6 nitrogen and oxygen atoms in total. The van der Waals surface area contributed by atoms with E-state index in [-0.39, 0.29) is 0 Å². The number of nitrogens with zero attached hydrogens (tertiary/aromatic N) is 4. The molecule has 3 aromatic heterocycles. The molecule has 0 radical (unpaired) electrons. The van der Waals surface area contributed by atoms with Gasteiger partial charge in [0.25, 0.3) is 0 Å². The van der Waals surface area contributed by atoms with E-state index in [9.17, 15) is 0 Å². The summed E-state index contributed by atoms with van der Waals surface area (Å²) in [5.74, 6) is 1.42. The van der Waals surface area contributed by atoms with Crippen LogP contribution in [0.3, 0.4) is 0 Å². The Balaban J connectivity index is 1.94. The van der Waals surface area contributed by atoms with Crippen LogP contribution in [0.1, 0.15) is 12.8 Å². The van der Waals surface area contributed by atoms with Gasteiger partial charge in [-0.25, -0.2) is 9.97 Å². The van der Waals surface area contributed by atoms with Crippen LogP contribution in [0.4, 0.5) is 11.6 Å². The van der Waals surface area contributed by atoms with Crippen LogP contribution in [0.5, 0.6) is 0 Å². The molecular formula is C15H16N6. The molecule has 4 rings (SSSR count). The topological polar surface area (TPSA) is 83.7 Å². The van der Waals surface area contributed by atoms with Crippen molar-refractivity contribution in [3.8, 4) is 11.3 Å². The van der Waals surface area contributed by atoms with E-state index in [0.717, 1.165) is 41.2 Å². The van der Waals surface area contributed by atoms with Crippen molar-refractivity contribution in [1.29, 1.82) is 0 Å². The lowest BCUT2D eigenvalue weighted by atomic mass is 10.1. The molecule has 6 heteroatoms. The fourth-order valence-corrected chi connectivity index (χ4v) is 2.93. The van der Waals surface area contributed by atoms with Crippen LogP contribution in [0.25, 0.3) is 22.3 Å². The highest BCUT2D eigenvalue weighted by Crippen LogP contribution is 2.34. The largest absolute Gasteiger partial charge is 0.384 e. The first-order chi connectivity index (χ1) is 10.3. The highest BCUT2D eigenvalue weighted by atomic mass is 15.2. The van der Waals surface area contributed by atoms with Crippen LogP contribution >= 0.6 is 0 Å². The lowest BCUT2D eigenvalue weighted by Crippen LogP contribution is -2.20. The van der Waals surface area contributed by atoms with Gasteiger partial charge in [0.1, 0.15) is 17.2 Å². The zero-order chi connectivity index (χ0) is 14.2. The van der Waals surface area contributed by atoms with Gasteiger partial charge >= 0.3 is 0 Å². The first-order valence-electron chi connectivity index (χ1n) is 7.13. The number of nitrogen functional groups attached to an aromatic ring is 1. The van der Waals surface area contributed by atoms with Crippen LogP contribution < -0.4 is 10.6 Å². The van der Waals surface area contributed by atoms with Gasteiger partial charge in [0.2, 0.25) is 0 Å². The molecule has 3 aromatic rings. The van der Waals surface area contributed by atoms with E-state index in [4.69, 9.17) is 5.73 Å². The summed E-state index contributed by atoms with van der Waals surface area (Å²) in [6.45, 7) is 2.06. The van der Waals surface area contributed by atoms with Crippen molar-refractivity contribution in [3.63, 3.8) is 0 Å². The van der Waals surface area contributed by atoms with Gasteiger partial charge in [0.15, 0.2) is 5.82 Å². The molecule has 0 atom stereocenters. The number of rotatable bonds is 2. The third-order valence-corrected chi connectivity index (χ3v) is 3.89. The zero-order valence-electron chi connectivity index (χ0n) is 11.6. The second-order valence-corrected chi connectivity index (χ2v) is 5.26. The van der Waals surface area contributed by atoms with Gasteiger partial charge in [-0.05, 0) is 25.0 Å². The Morgan fingerprint density at radius 1 is 1.14 bits per heavy atom. The molecular weight excluding hydrogens is 264 g/mol. The molecule has 0 amide bonds. The quantitative estimate of drug-likeness (QED) is 0.752. The van der Waals surface area contributed by atoms with E-state index >= 15 is 0 Å². The number of anilines is 2. The standard InChI is InChI=1S/C15H16N6/c16-12-9-11(10-3-4-18-14(10)20-12)13-15(19-6-5-17-13)21-7-1-2-8-21/h3-6,9H,1-2,7-8H2,(H3,16,18,20). The summed E-state index contributed by atoms with van der Waals surface area (Å²) in [4.78, 5) is 18.8. The lowest BCUT2D eigenvalue weighted by molar-refractivity contribution is 0.930. The Bertz CT molecular complexity index is 788. The van der Waals surface area contributed by atoms with Crippen molar-refractivity contribution in [2.75, 3.05) is 23.7 Å². The predicted molar refractivity (Wildman–Crippen MR) is 83.0 cm³/mol. The molecule has 1 aliphatic heterocycles. The third-order valence-electron chi connectivity index (χ3n) is 3.89. The summed E-state index contributed by atoms with van der Waals surface area (Å²) < 4.78 is 0. The Kier molecular flexibility index (Phi) is 2.73. The highest BCUT2D eigenvalue weighted by molar-refractivity contribution is 5.96. The average Bonchev–Trinajstić information content (AvgIpc) is 3.17. The van der Waals surface area contributed by atoms with Crippen molar-refractivity contribution < 1.29 is 0 Å². The number of hydrogen-bond donors (Lipinski definition) is 2. The van der Waals surface area contributed by atoms with E-state index in [1.54, 1.807) is 12.4 Å². The van der Waals surface area contributed by atoms with Crippen molar-refractivity contribution in [1.82, 2.24) is 19.9 Å². The van der Waals surface area contributed by atoms with Gasteiger partial charge in [-0.1, -0.05) is 0 Å². The maximum atomic E-state index is 5.93. The van der Waals surface area contributed by atoms with Gasteiger partial charge in [-0.2, -0.15) is 0 Å². The summed E-state index contributed by atoms with van der Waals surface area (Å²) in [6, 6.07) is 3.87. The average molecular weight is 280 g/mol. The zero-order valence-corrected chi connectivity index (χ0v) is 11.6. The summed E-state index contributed by atoms with van der Waals surface area (Å²) in [6.07, 6.45) is 7.74. The molecule has 0 aliphatic carbocycles. The maximum Gasteiger partial charge on any atom is 0.155 e. The highest BCUT2D eigenvalue weighted by Gasteiger charge is 2.20. The van der Waals surface area contributed by atoms with E-state index in [0.29, 0.717) is 5.82 Å². The molecule has 3 N–H and O–H groups in total. The monoisotopic (exact) mass is 280 g/mol. The van der Waals surface area contributed by atoms with Crippen LogP contribution in [0.15, 0.2) is 30.7 Å². The van der Waals surface area contributed by atoms with Crippen LogP contribution in [0.2, 0.25) is 0 Å². The molecule has 0 saturated carbocycles. The second-order valence-electron chi connectivity index (χ2n) is 5.26. The third kappa shape index (κ3) is 1.99. The van der Waals surface area contributed by atoms with Crippen molar-refractivity contribution in [2.24, 2.45) is 0 Å². The number of nitrogens with two attached hydrogens (primary N) is 1. The van der Waals surface area contributed by atoms with E-state index in [1.165, 1.54) is 12.8 Å². The normalized spacial score (nSPS) is 15.0. The molecule has 4 heterocycles. The molecule has 0 bridgehead atoms. The predicted octanol–water partition coefficient (Wildman–Crippen LogP) is 2.20. The fraction of sp³-hybridized carbons (Fsp3) is 0.267. The number of nitrogens with one attached hydrogen (secondary N) is 1. The number of aromatic nitrogens is 4. The Labute approximate surface area is 122 Å². The summed E-state index contributed by atoms with van der Waals surface area (Å²) in [5.41, 5.74) is 8.57. The minimum absolute atomic E-state index is 0.484. The van der Waals surface area contributed by atoms with E-state index in [2.05, 4.69) is 24.8 Å². The summed E-state index contributed by atoms with van der Waals surface area (Å²) in [5, 5.41) is 1.02. The number of aromatic amines is 1. The molecule has 0 spiro atoms. The molecule has 0 aromatic carbocycles. The Hall–Kier alpha value is -2.63. The van der Waals surface area contributed by atoms with Gasteiger partial charge in [-0.15, -0.1) is 0 Å². The van der Waals surface area contributed by atoms with E-state index in [1.807, 2.05) is 18.3 Å². The minimum Gasteiger partial charge on any atom is -0.384 e. The summed E-state index contributed by atoms with van der Waals surface area (Å²) >= 11 is 0. The number of fused-ring (bicyclic) bond motifs is 1. The second kappa shape index (κ2) is 4.73. The molecule has 1 saturated heterocycles. The number of pyridine rings is 1. The summed E-state index contributed by atoms with van der Waals surface area (Å²) in [7, 11) is 0. The van der Waals surface area contributed by atoms with Crippen LogP contribution in [-0.2, 0) is 0 Å². The lowest BCUT2D eigenvalue weighted by Gasteiger charge is -2.19. The van der Waals surface area contributed by atoms with Crippen LogP contribution in [0, 0.1) is 0 Å². The molecule has 0 unspecified atom stereocenters. The smallest absolute Gasteiger partial charge is 0.155 e. The molecule has 106 valence electrons. The Morgan fingerprint density at radius 2 is 1.95 bits per heavy atom. The Morgan fingerprint density at radius 3 is 2.81 bits per heavy atom. The molecule has 1 aliphatic rings. The molecule has 1 fully saturated rings. The number of hydrogen-bond acceptors (Lipinski definition) is 5. The number of H-pyrrole nitrogens is 1. The minimum atomic E-state index is 0.484. The van der Waals surface area contributed by atoms with Crippen molar-refractivity contribution in [3.05, 3.63) is 30.7 Å². The van der Waals surface area contributed by atoms with Gasteiger partial charge in [0.05, 0.1) is 0 Å². The first-order valence-corrected chi connectivity index (χ1v) is 7.13. The first kappa shape index (κ1) is 12.1. The molecule has 21 heavy (non-hydrogen) atoms. The van der Waals surface area contributed by atoms with Gasteiger partial charge < -0.3 is 15.6 Å². The van der Waals surface area contributed by atoms with Gasteiger partial charge in [-0.3, -0.25) is 4.98 Å². The van der Waals surface area contributed by atoms with Crippen molar-refractivity contribution >= 4 is 22.7 Å².